The molecule has 0 aromatic rings. The van der Waals surface area contributed by atoms with Crippen LogP contribution in [0.5, 0.6) is 0 Å². The molecule has 0 heterocycles. The molecule has 1 N–H and O–H groups in total. The minimum atomic E-state index is -0.668. The monoisotopic (exact) mass is 268 g/mol. The van der Waals surface area contributed by atoms with Crippen molar-refractivity contribution in [2.45, 2.75) is 71.1 Å². The normalized spacial score (nSPS) is 10.4. The van der Waals surface area contributed by atoms with Crippen molar-refractivity contribution in [3.05, 3.63) is 12.2 Å². The number of hydrogen-bond acceptors (Lipinski definition) is 1. The van der Waals surface area contributed by atoms with Crippen LogP contribution in [-0.2, 0) is 4.79 Å². The SMILES string of the molecule is CCCC/C=C\CCCCCCCC(=O)O.[Ca+2].[H-].[H-]. The van der Waals surface area contributed by atoms with E-state index in [0.717, 1.165) is 12.8 Å². The summed E-state index contributed by atoms with van der Waals surface area (Å²) < 4.78 is 0. The second-order valence-electron chi connectivity index (χ2n) is 4.31. The number of unbranched alkanes of at least 4 members (excludes halogenated alkanes) is 7. The average Bonchev–Trinajstić information content (AvgIpc) is 2.25. The van der Waals surface area contributed by atoms with Crippen molar-refractivity contribution in [3.63, 3.8) is 0 Å². The van der Waals surface area contributed by atoms with E-state index in [4.69, 9.17) is 5.11 Å². The number of aliphatic carboxylic acids is 1. The molecule has 3 heteroatoms. The summed E-state index contributed by atoms with van der Waals surface area (Å²) in [4.78, 5) is 10.3. The quantitative estimate of drug-likeness (QED) is 0.343. The molecule has 0 unspecified atom stereocenters. The Hall–Kier alpha value is 0.470. The molecule has 0 saturated carbocycles. The van der Waals surface area contributed by atoms with E-state index in [1.165, 1.54) is 44.9 Å². The van der Waals surface area contributed by atoms with Crippen molar-refractivity contribution in [2.75, 3.05) is 0 Å². The van der Waals surface area contributed by atoms with Crippen LogP contribution in [0.4, 0.5) is 0 Å². The third kappa shape index (κ3) is 19.0. The molecule has 17 heavy (non-hydrogen) atoms. The molecule has 0 amide bonds. The van der Waals surface area contributed by atoms with Crippen LogP contribution in [-0.4, -0.2) is 48.8 Å². The van der Waals surface area contributed by atoms with Crippen LogP contribution < -0.4 is 0 Å². The summed E-state index contributed by atoms with van der Waals surface area (Å²) in [7, 11) is 0. The van der Waals surface area contributed by atoms with Crippen molar-refractivity contribution >= 4 is 43.7 Å². The second-order valence-corrected chi connectivity index (χ2v) is 4.31. The zero-order valence-electron chi connectivity index (χ0n) is 13.3. The minimum Gasteiger partial charge on any atom is -1.00 e. The summed E-state index contributed by atoms with van der Waals surface area (Å²) in [6.07, 6.45) is 15.4. The Balaban J connectivity index is -0.000000375. The van der Waals surface area contributed by atoms with E-state index in [2.05, 4.69) is 19.1 Å². The largest absolute Gasteiger partial charge is 2.00 e. The van der Waals surface area contributed by atoms with Gasteiger partial charge >= 0.3 is 43.7 Å². The fourth-order valence-electron chi connectivity index (χ4n) is 1.63. The Morgan fingerprint density at radius 2 is 1.53 bits per heavy atom. The summed E-state index contributed by atoms with van der Waals surface area (Å²) >= 11 is 0. The predicted molar refractivity (Wildman–Crippen MR) is 76.6 cm³/mol. The third-order valence-corrected chi connectivity index (χ3v) is 2.65. The second kappa shape index (κ2) is 16.5. The standard InChI is InChI=1S/C14H26O2.Ca.2H/c1-2-3-4-5-6-7-8-9-10-11-12-13-14(15)16;;;/h5-6H,2-4,7-13H2,1H3,(H,15,16);;;/q;+2;2*-1/b6-5-;;;. The van der Waals surface area contributed by atoms with Gasteiger partial charge in [0.05, 0.1) is 0 Å². The molecule has 0 radical (unpaired) electrons. The van der Waals surface area contributed by atoms with E-state index in [1.807, 2.05) is 0 Å². The predicted octanol–water partition coefficient (Wildman–Crippen LogP) is 4.39. The van der Waals surface area contributed by atoms with Gasteiger partial charge < -0.3 is 7.96 Å². The molecule has 0 rings (SSSR count). The average molecular weight is 268 g/mol. The molecule has 0 aliphatic heterocycles. The molecule has 0 bridgehead atoms. The van der Waals surface area contributed by atoms with E-state index in [9.17, 15) is 4.79 Å². The Morgan fingerprint density at radius 3 is 2.12 bits per heavy atom. The number of rotatable bonds is 11. The number of allylic oxidation sites excluding steroid dienone is 2. The molecule has 0 aliphatic rings. The van der Waals surface area contributed by atoms with Gasteiger partial charge in [-0.15, -0.1) is 0 Å². The maximum atomic E-state index is 10.3. The maximum Gasteiger partial charge on any atom is 2.00 e. The third-order valence-electron chi connectivity index (χ3n) is 2.65. The van der Waals surface area contributed by atoms with Crippen molar-refractivity contribution in [2.24, 2.45) is 0 Å². The Morgan fingerprint density at radius 1 is 1.00 bits per heavy atom. The molecule has 0 fully saturated rings. The summed E-state index contributed by atoms with van der Waals surface area (Å²) in [6, 6.07) is 0. The zero-order chi connectivity index (χ0) is 12.1. The van der Waals surface area contributed by atoms with Crippen LogP contribution in [0.25, 0.3) is 0 Å². The summed E-state index contributed by atoms with van der Waals surface area (Å²) in [6.45, 7) is 2.21. The molecule has 0 atom stereocenters. The van der Waals surface area contributed by atoms with Gasteiger partial charge in [-0.05, 0) is 25.7 Å². The maximum absolute atomic E-state index is 10.3. The fourth-order valence-corrected chi connectivity index (χ4v) is 1.63. The number of carbonyl (C=O) groups is 1. The van der Waals surface area contributed by atoms with E-state index < -0.39 is 5.97 Å². The molecule has 0 aromatic carbocycles. The summed E-state index contributed by atoms with van der Waals surface area (Å²) in [5, 5.41) is 8.45. The first kappa shape index (κ1) is 19.8. The van der Waals surface area contributed by atoms with Crippen LogP contribution in [0.15, 0.2) is 12.2 Å². The Kier molecular flexibility index (Phi) is 19.2. The molecule has 0 spiro atoms. The van der Waals surface area contributed by atoms with Gasteiger partial charge in [-0.1, -0.05) is 51.2 Å². The van der Waals surface area contributed by atoms with E-state index in [0.29, 0.717) is 6.42 Å². The number of carboxylic acids is 1. The van der Waals surface area contributed by atoms with Gasteiger partial charge in [0, 0.05) is 6.42 Å². The van der Waals surface area contributed by atoms with Crippen molar-refractivity contribution in [3.8, 4) is 0 Å². The van der Waals surface area contributed by atoms with E-state index in [1.54, 1.807) is 0 Å². The first-order valence-electron chi connectivity index (χ1n) is 6.64. The van der Waals surface area contributed by atoms with E-state index >= 15 is 0 Å². The first-order chi connectivity index (χ1) is 7.77. The van der Waals surface area contributed by atoms with Crippen LogP contribution >= 0.6 is 0 Å². The molecule has 0 aromatic heterocycles. The summed E-state index contributed by atoms with van der Waals surface area (Å²) in [5.74, 6) is -0.668. The smallest absolute Gasteiger partial charge is 1.00 e. The first-order valence-corrected chi connectivity index (χ1v) is 6.64. The van der Waals surface area contributed by atoms with Gasteiger partial charge in [-0.2, -0.15) is 0 Å². The zero-order valence-corrected chi connectivity index (χ0v) is 13.5. The van der Waals surface area contributed by atoms with E-state index in [-0.39, 0.29) is 40.6 Å². The molecule has 98 valence electrons. The Labute approximate surface area is 139 Å². The minimum absolute atomic E-state index is 0. The molecule has 2 nitrogen and oxygen atoms in total. The fraction of sp³-hybridized carbons (Fsp3) is 0.786. The van der Waals surface area contributed by atoms with Crippen LogP contribution in [0.1, 0.15) is 74.0 Å². The number of carboxylic acid groups (broad SMARTS) is 1. The van der Waals surface area contributed by atoms with Gasteiger partial charge in [0.2, 0.25) is 0 Å². The molecular weight excluding hydrogens is 240 g/mol. The van der Waals surface area contributed by atoms with Gasteiger partial charge in [0.25, 0.3) is 0 Å². The molecular formula is C14H28CaO2. The van der Waals surface area contributed by atoms with Gasteiger partial charge in [0.15, 0.2) is 0 Å². The van der Waals surface area contributed by atoms with Gasteiger partial charge in [-0.25, -0.2) is 0 Å². The van der Waals surface area contributed by atoms with Crippen LogP contribution in [0.2, 0.25) is 0 Å². The topological polar surface area (TPSA) is 37.3 Å². The van der Waals surface area contributed by atoms with Gasteiger partial charge in [-0.3, -0.25) is 4.79 Å². The molecule has 0 saturated heterocycles. The van der Waals surface area contributed by atoms with Crippen molar-refractivity contribution < 1.29 is 12.8 Å². The van der Waals surface area contributed by atoms with Gasteiger partial charge in [0.1, 0.15) is 0 Å². The summed E-state index contributed by atoms with van der Waals surface area (Å²) in [5.41, 5.74) is 0. The number of hydrogen-bond donors (Lipinski definition) is 1. The van der Waals surface area contributed by atoms with Crippen LogP contribution in [0, 0.1) is 0 Å². The van der Waals surface area contributed by atoms with Crippen molar-refractivity contribution in [1.82, 2.24) is 0 Å². The van der Waals surface area contributed by atoms with Crippen molar-refractivity contribution in [1.29, 1.82) is 0 Å². The Bertz CT molecular complexity index is 200. The van der Waals surface area contributed by atoms with Crippen LogP contribution in [0.3, 0.4) is 0 Å². The molecule has 0 aliphatic carbocycles.